The number of halogens is 1. The Hall–Kier alpha value is -4.04. The minimum absolute atomic E-state index is 0.0104. The molecule has 1 aliphatic heterocycles. The number of rotatable bonds is 9. The number of fused-ring (bicyclic) bond motifs is 1. The van der Waals surface area contributed by atoms with Gasteiger partial charge in [-0.15, -0.1) is 0 Å². The van der Waals surface area contributed by atoms with Gasteiger partial charge in [-0.2, -0.15) is 0 Å². The Morgan fingerprint density at radius 3 is 2.42 bits per heavy atom. The number of amides is 3. The fourth-order valence-electron chi connectivity index (χ4n) is 5.52. The van der Waals surface area contributed by atoms with Crippen LogP contribution in [0.25, 0.3) is 0 Å². The first kappa shape index (κ1) is 38.8. The summed E-state index contributed by atoms with van der Waals surface area (Å²) in [5.74, 6) is 0.254. The predicted octanol–water partition coefficient (Wildman–Crippen LogP) is 6.11. The van der Waals surface area contributed by atoms with Gasteiger partial charge in [0.1, 0.15) is 11.5 Å². The molecule has 0 saturated heterocycles. The van der Waals surface area contributed by atoms with Crippen LogP contribution in [0.15, 0.2) is 71.6 Å². The van der Waals surface area contributed by atoms with E-state index >= 15 is 0 Å². The van der Waals surface area contributed by atoms with Crippen molar-refractivity contribution in [2.75, 3.05) is 50.5 Å². The van der Waals surface area contributed by atoms with Crippen molar-refractivity contribution in [2.24, 2.45) is 5.92 Å². The second-order valence-electron chi connectivity index (χ2n) is 12.6. The zero-order valence-electron chi connectivity index (χ0n) is 29.1. The highest BCUT2D eigenvalue weighted by Crippen LogP contribution is 2.30. The van der Waals surface area contributed by atoms with Gasteiger partial charge in [0.05, 0.1) is 42.4 Å². The minimum atomic E-state index is -4.00. The van der Waals surface area contributed by atoms with E-state index < -0.39 is 28.1 Å². The van der Waals surface area contributed by atoms with E-state index in [-0.39, 0.29) is 53.9 Å². The lowest BCUT2D eigenvalue weighted by Gasteiger charge is -2.35. The topological polar surface area (TPSA) is 147 Å². The first-order valence-corrected chi connectivity index (χ1v) is 18.5. The first-order valence-electron chi connectivity index (χ1n) is 16.6. The molecule has 12 nitrogen and oxygen atoms in total. The van der Waals surface area contributed by atoms with Gasteiger partial charge < -0.3 is 34.4 Å². The van der Waals surface area contributed by atoms with Crippen molar-refractivity contribution in [1.29, 1.82) is 0 Å². The van der Waals surface area contributed by atoms with Gasteiger partial charge in [0.2, 0.25) is 0 Å². The van der Waals surface area contributed by atoms with Crippen molar-refractivity contribution in [1.82, 2.24) is 9.80 Å². The molecule has 3 amide bonds. The zero-order valence-corrected chi connectivity index (χ0v) is 30.7. The Kier molecular flexibility index (Phi) is 13.8. The Labute approximate surface area is 299 Å². The van der Waals surface area contributed by atoms with Crippen molar-refractivity contribution in [3.8, 4) is 11.5 Å². The molecule has 3 aromatic rings. The standard InChI is InChI=1S/C36H47ClN4O8S/c1-24-21-41(25(2)23-42)35(43)32-20-29(39-50(45,46)31-16-9-27(37)10-17-31)13-18-33(32)49-26(3)8-6-7-19-48-34(24)22-40(4)36(44)38-28-11-14-30(47-5)15-12-28/h9-18,20,24-26,34,39,42H,6-8,19,21-23H2,1-5H3,(H,38,44)/t24-,25+,26+,34-/m0/s1. The SMILES string of the molecule is COc1ccc(NC(=O)N(C)C[C@@H]2OCCCC[C@@H](C)Oc3ccc(NS(=O)(=O)c4ccc(Cl)cc4)cc3C(=O)N([C@H](C)CO)C[C@@H]2C)cc1. The monoisotopic (exact) mass is 730 g/mol. The number of sulfonamides is 1. The number of nitrogens with one attached hydrogen (secondary N) is 2. The molecule has 1 aliphatic rings. The van der Waals surface area contributed by atoms with Gasteiger partial charge in [-0.1, -0.05) is 18.5 Å². The van der Waals surface area contributed by atoms with E-state index in [4.69, 9.17) is 25.8 Å². The number of anilines is 2. The summed E-state index contributed by atoms with van der Waals surface area (Å²) in [6.45, 7) is 6.13. The number of nitrogens with zero attached hydrogens (tertiary/aromatic N) is 2. The summed E-state index contributed by atoms with van der Waals surface area (Å²) in [5.41, 5.74) is 0.923. The molecule has 14 heteroatoms. The third-order valence-electron chi connectivity index (χ3n) is 8.57. The molecule has 0 radical (unpaired) electrons. The van der Waals surface area contributed by atoms with Crippen LogP contribution in [0.4, 0.5) is 16.2 Å². The smallest absolute Gasteiger partial charge is 0.321 e. The van der Waals surface area contributed by atoms with Crippen LogP contribution in [0.2, 0.25) is 5.02 Å². The Morgan fingerprint density at radius 2 is 1.76 bits per heavy atom. The fourth-order valence-corrected chi connectivity index (χ4v) is 6.70. The number of likely N-dealkylation sites (N-methyl/N-ethyl adjacent to an activating group) is 1. The number of hydrogen-bond donors (Lipinski definition) is 3. The predicted molar refractivity (Wildman–Crippen MR) is 194 cm³/mol. The maximum absolute atomic E-state index is 14.4. The van der Waals surface area contributed by atoms with E-state index in [0.29, 0.717) is 35.2 Å². The lowest BCUT2D eigenvalue weighted by molar-refractivity contribution is -0.0115. The molecule has 0 saturated carbocycles. The maximum atomic E-state index is 14.4. The van der Waals surface area contributed by atoms with E-state index in [9.17, 15) is 23.1 Å². The number of urea groups is 1. The van der Waals surface area contributed by atoms with Crippen LogP contribution in [0.5, 0.6) is 11.5 Å². The average molecular weight is 731 g/mol. The van der Waals surface area contributed by atoms with Gasteiger partial charge in [0.15, 0.2) is 0 Å². The van der Waals surface area contributed by atoms with Gasteiger partial charge in [-0.25, -0.2) is 13.2 Å². The zero-order chi connectivity index (χ0) is 36.4. The lowest BCUT2D eigenvalue weighted by Crippen LogP contribution is -2.48. The number of carbonyl (C=O) groups is 2. The number of aliphatic hydroxyl groups is 1. The van der Waals surface area contributed by atoms with Gasteiger partial charge in [0, 0.05) is 49.1 Å². The second kappa shape index (κ2) is 17.8. The molecule has 0 spiro atoms. The number of methoxy groups -OCH3 is 1. The summed E-state index contributed by atoms with van der Waals surface area (Å²) in [4.78, 5) is 30.6. The molecule has 0 unspecified atom stereocenters. The summed E-state index contributed by atoms with van der Waals surface area (Å²) in [6.07, 6.45) is 1.53. The second-order valence-corrected chi connectivity index (χ2v) is 14.7. The van der Waals surface area contributed by atoms with Crippen molar-refractivity contribution >= 4 is 44.9 Å². The van der Waals surface area contributed by atoms with Crippen molar-refractivity contribution in [2.45, 2.75) is 63.2 Å². The lowest BCUT2D eigenvalue weighted by atomic mass is 10.0. The highest BCUT2D eigenvalue weighted by Gasteiger charge is 2.31. The molecule has 3 N–H and O–H groups in total. The third kappa shape index (κ3) is 10.5. The molecule has 4 atom stereocenters. The van der Waals surface area contributed by atoms with E-state index in [0.717, 1.165) is 12.8 Å². The van der Waals surface area contributed by atoms with E-state index in [1.807, 2.05) is 13.8 Å². The number of ether oxygens (including phenoxy) is 3. The first-order chi connectivity index (χ1) is 23.8. The fraction of sp³-hybridized carbons (Fsp3) is 0.444. The molecule has 3 aromatic carbocycles. The highest BCUT2D eigenvalue weighted by molar-refractivity contribution is 7.92. The van der Waals surface area contributed by atoms with Crippen LogP contribution in [-0.4, -0.2) is 94.0 Å². The Bertz CT molecular complexity index is 1690. The van der Waals surface area contributed by atoms with Crippen LogP contribution >= 0.6 is 11.6 Å². The molecule has 0 aliphatic carbocycles. The summed E-state index contributed by atoms with van der Waals surface area (Å²) in [5, 5.41) is 13.5. The molecular formula is C36H47ClN4O8S. The summed E-state index contributed by atoms with van der Waals surface area (Å²) in [7, 11) is -0.745. The van der Waals surface area contributed by atoms with E-state index in [1.54, 1.807) is 62.4 Å². The molecule has 4 rings (SSSR count). The van der Waals surface area contributed by atoms with Crippen molar-refractivity contribution in [3.63, 3.8) is 0 Å². The van der Waals surface area contributed by atoms with Gasteiger partial charge in [0.25, 0.3) is 15.9 Å². The molecule has 0 fully saturated rings. The molecule has 50 heavy (non-hydrogen) atoms. The van der Waals surface area contributed by atoms with Gasteiger partial charge in [-0.05, 0) is 99.8 Å². The molecular weight excluding hydrogens is 684 g/mol. The number of benzene rings is 3. The minimum Gasteiger partial charge on any atom is -0.497 e. The largest absolute Gasteiger partial charge is 0.497 e. The summed E-state index contributed by atoms with van der Waals surface area (Å²) >= 11 is 5.95. The van der Waals surface area contributed by atoms with Crippen molar-refractivity contribution in [3.05, 3.63) is 77.3 Å². The number of carbonyl (C=O) groups excluding carboxylic acids is 2. The molecule has 272 valence electrons. The van der Waals surface area contributed by atoms with E-state index in [2.05, 4.69) is 10.0 Å². The third-order valence-corrected chi connectivity index (χ3v) is 10.2. The maximum Gasteiger partial charge on any atom is 0.321 e. The Balaban J connectivity index is 1.61. The Morgan fingerprint density at radius 1 is 1.08 bits per heavy atom. The van der Waals surface area contributed by atoms with Crippen LogP contribution in [0.1, 0.15) is 50.4 Å². The quantitative estimate of drug-likeness (QED) is 0.239. The number of aliphatic hydroxyl groups excluding tert-OH is 1. The molecule has 0 bridgehead atoms. The highest BCUT2D eigenvalue weighted by atomic mass is 35.5. The van der Waals surface area contributed by atoms with Crippen LogP contribution < -0.4 is 19.5 Å². The van der Waals surface area contributed by atoms with E-state index in [1.165, 1.54) is 35.2 Å². The van der Waals surface area contributed by atoms with Crippen LogP contribution in [-0.2, 0) is 14.8 Å². The van der Waals surface area contributed by atoms with Gasteiger partial charge in [-0.3, -0.25) is 9.52 Å². The summed E-state index contributed by atoms with van der Waals surface area (Å²) < 4.78 is 46.7. The van der Waals surface area contributed by atoms with Crippen LogP contribution in [0, 0.1) is 5.92 Å². The summed E-state index contributed by atoms with van der Waals surface area (Å²) in [6, 6.07) is 16.4. The molecule has 0 aromatic heterocycles. The number of hydrogen-bond acceptors (Lipinski definition) is 8. The molecule has 1 heterocycles. The van der Waals surface area contributed by atoms with Crippen molar-refractivity contribution < 1.29 is 37.3 Å². The van der Waals surface area contributed by atoms with Crippen LogP contribution in [0.3, 0.4) is 0 Å². The average Bonchev–Trinajstić information content (AvgIpc) is 3.09. The normalized spacial score (nSPS) is 19.7. The van der Waals surface area contributed by atoms with Gasteiger partial charge >= 0.3 is 6.03 Å².